The van der Waals surface area contributed by atoms with E-state index in [-0.39, 0.29) is 0 Å². The van der Waals surface area contributed by atoms with E-state index in [1.54, 1.807) is 6.07 Å². The Morgan fingerprint density at radius 3 is 2.56 bits per heavy atom. The molecule has 1 N–H and O–H groups in total. The summed E-state index contributed by atoms with van der Waals surface area (Å²) in [5.41, 5.74) is 3.25. The molecule has 5 rings (SSSR count). The van der Waals surface area contributed by atoms with Gasteiger partial charge in [0.15, 0.2) is 5.13 Å². The summed E-state index contributed by atoms with van der Waals surface area (Å²) in [6.07, 6.45) is 1.95. The van der Waals surface area contributed by atoms with E-state index in [9.17, 15) is 8.42 Å². The summed E-state index contributed by atoms with van der Waals surface area (Å²) in [6.45, 7) is 0. The van der Waals surface area contributed by atoms with E-state index in [1.807, 2.05) is 42.5 Å². The van der Waals surface area contributed by atoms with Gasteiger partial charge in [-0.3, -0.25) is 4.72 Å². The van der Waals surface area contributed by atoms with Crippen LogP contribution in [0, 0.1) is 0 Å². The SMILES string of the molecule is O=S(=O)(Nc1nc2ccccc2s1)c1ccc2c3c(cccc13)CC2. The van der Waals surface area contributed by atoms with Crippen molar-refractivity contribution in [3.63, 3.8) is 0 Å². The predicted molar refractivity (Wildman–Crippen MR) is 102 cm³/mol. The minimum Gasteiger partial charge on any atom is -0.255 e. The molecule has 6 heteroatoms. The van der Waals surface area contributed by atoms with Crippen LogP contribution in [-0.4, -0.2) is 13.4 Å². The Labute approximate surface area is 149 Å². The summed E-state index contributed by atoms with van der Waals surface area (Å²) < 4.78 is 29.6. The van der Waals surface area contributed by atoms with E-state index < -0.39 is 10.0 Å². The number of hydrogen-bond donors (Lipinski definition) is 1. The van der Waals surface area contributed by atoms with Crippen LogP contribution in [0.1, 0.15) is 11.1 Å². The highest BCUT2D eigenvalue weighted by Crippen LogP contribution is 2.35. The van der Waals surface area contributed by atoms with Gasteiger partial charge < -0.3 is 0 Å². The number of nitrogens with one attached hydrogen (secondary N) is 1. The van der Waals surface area contributed by atoms with Crippen molar-refractivity contribution in [1.29, 1.82) is 0 Å². The number of hydrogen-bond acceptors (Lipinski definition) is 4. The van der Waals surface area contributed by atoms with Crippen molar-refractivity contribution >= 4 is 47.5 Å². The summed E-state index contributed by atoms with van der Waals surface area (Å²) in [4.78, 5) is 4.69. The quantitative estimate of drug-likeness (QED) is 0.586. The van der Waals surface area contributed by atoms with Gasteiger partial charge in [0.2, 0.25) is 0 Å². The van der Waals surface area contributed by atoms with Gasteiger partial charge in [-0.05, 0) is 47.6 Å². The molecule has 0 saturated carbocycles. The lowest BCUT2D eigenvalue weighted by molar-refractivity contribution is 0.602. The van der Waals surface area contributed by atoms with Crippen LogP contribution in [0.4, 0.5) is 5.13 Å². The molecule has 0 bridgehead atoms. The van der Waals surface area contributed by atoms with Gasteiger partial charge >= 0.3 is 0 Å². The minimum atomic E-state index is -3.70. The van der Waals surface area contributed by atoms with Crippen LogP contribution in [0.3, 0.4) is 0 Å². The second-order valence-electron chi connectivity index (χ2n) is 6.15. The Kier molecular flexibility index (Phi) is 3.14. The number of para-hydroxylation sites is 1. The number of rotatable bonds is 3. The van der Waals surface area contributed by atoms with Crippen LogP contribution in [-0.2, 0) is 22.9 Å². The standard InChI is InChI=1S/C19H14N2O2S2/c22-25(23,21-19-20-15-6-1-2-7-16(15)24-19)17-11-10-13-9-8-12-4-3-5-14(17)18(12)13/h1-7,10-11H,8-9H2,(H,20,21). The molecule has 0 atom stereocenters. The van der Waals surface area contributed by atoms with Gasteiger partial charge in [-0.25, -0.2) is 13.4 Å². The molecular weight excluding hydrogens is 352 g/mol. The van der Waals surface area contributed by atoms with Crippen molar-refractivity contribution in [2.45, 2.75) is 17.7 Å². The summed E-state index contributed by atoms with van der Waals surface area (Å²) in [6, 6.07) is 17.2. The van der Waals surface area contributed by atoms with Crippen LogP contribution in [0.25, 0.3) is 21.0 Å². The molecule has 3 aromatic carbocycles. The molecule has 25 heavy (non-hydrogen) atoms. The van der Waals surface area contributed by atoms with E-state index in [2.05, 4.69) is 15.8 Å². The number of benzene rings is 3. The molecule has 1 heterocycles. The zero-order valence-corrected chi connectivity index (χ0v) is 14.8. The molecule has 0 fully saturated rings. The highest BCUT2D eigenvalue weighted by atomic mass is 32.2. The Morgan fingerprint density at radius 1 is 0.920 bits per heavy atom. The number of sulfonamides is 1. The molecule has 124 valence electrons. The lowest BCUT2D eigenvalue weighted by atomic mass is 10.1. The minimum absolute atomic E-state index is 0.314. The predicted octanol–water partition coefficient (Wildman–Crippen LogP) is 4.35. The molecule has 0 amide bonds. The van der Waals surface area contributed by atoms with Crippen LogP contribution < -0.4 is 4.72 Å². The van der Waals surface area contributed by atoms with Crippen LogP contribution in [0.2, 0.25) is 0 Å². The summed E-state index contributed by atoms with van der Waals surface area (Å²) in [5.74, 6) is 0. The van der Waals surface area contributed by atoms with Gasteiger partial charge in [0, 0.05) is 5.39 Å². The first-order valence-electron chi connectivity index (χ1n) is 8.04. The topological polar surface area (TPSA) is 59.1 Å². The second kappa shape index (κ2) is 5.28. The molecule has 0 unspecified atom stereocenters. The molecular formula is C19H14N2O2S2. The van der Waals surface area contributed by atoms with Crippen molar-refractivity contribution in [3.05, 3.63) is 65.7 Å². The summed E-state index contributed by atoms with van der Waals surface area (Å²) in [5, 5.41) is 2.28. The van der Waals surface area contributed by atoms with Gasteiger partial charge in [0.05, 0.1) is 15.1 Å². The third-order valence-corrected chi connectivity index (χ3v) is 7.12. The first kappa shape index (κ1) is 14.9. The smallest absolute Gasteiger partial charge is 0.255 e. The maximum absolute atomic E-state index is 13.0. The Morgan fingerprint density at radius 2 is 1.72 bits per heavy atom. The molecule has 4 aromatic rings. The highest BCUT2D eigenvalue weighted by molar-refractivity contribution is 7.93. The molecule has 0 saturated heterocycles. The number of aryl methyl sites for hydroxylation is 2. The van der Waals surface area contributed by atoms with E-state index in [1.165, 1.54) is 22.5 Å². The summed E-state index contributed by atoms with van der Waals surface area (Å²) in [7, 11) is -3.70. The van der Waals surface area contributed by atoms with Crippen LogP contribution in [0.5, 0.6) is 0 Å². The molecule has 0 aliphatic heterocycles. The fourth-order valence-electron chi connectivity index (χ4n) is 3.54. The van der Waals surface area contributed by atoms with E-state index in [0.717, 1.165) is 33.8 Å². The van der Waals surface area contributed by atoms with E-state index in [4.69, 9.17) is 0 Å². The molecule has 0 spiro atoms. The van der Waals surface area contributed by atoms with Crippen molar-refractivity contribution < 1.29 is 8.42 Å². The van der Waals surface area contributed by atoms with Gasteiger partial charge in [0.25, 0.3) is 10.0 Å². The average Bonchev–Trinajstić information content (AvgIpc) is 3.19. The first-order valence-corrected chi connectivity index (χ1v) is 10.3. The van der Waals surface area contributed by atoms with Gasteiger partial charge in [-0.15, -0.1) is 0 Å². The lowest BCUT2D eigenvalue weighted by Gasteiger charge is -2.10. The fourth-order valence-corrected chi connectivity index (χ4v) is 5.85. The molecule has 1 aliphatic rings. The Hall–Kier alpha value is -2.44. The van der Waals surface area contributed by atoms with Gasteiger partial charge in [-0.1, -0.05) is 47.7 Å². The monoisotopic (exact) mass is 366 g/mol. The molecule has 4 nitrogen and oxygen atoms in total. The zero-order valence-electron chi connectivity index (χ0n) is 13.2. The van der Waals surface area contributed by atoms with Crippen molar-refractivity contribution in [2.24, 2.45) is 0 Å². The maximum Gasteiger partial charge on any atom is 0.264 e. The fraction of sp³-hybridized carbons (Fsp3) is 0.105. The molecule has 1 aliphatic carbocycles. The Bertz CT molecular complexity index is 1200. The maximum atomic E-state index is 13.0. The lowest BCUT2D eigenvalue weighted by Crippen LogP contribution is -2.13. The van der Waals surface area contributed by atoms with Crippen LogP contribution >= 0.6 is 11.3 Å². The summed E-state index contributed by atoms with van der Waals surface area (Å²) >= 11 is 1.34. The number of aromatic nitrogens is 1. The molecule has 1 aromatic heterocycles. The normalized spacial score (nSPS) is 13.6. The molecule has 0 radical (unpaired) electrons. The average molecular weight is 366 g/mol. The number of nitrogens with zero attached hydrogens (tertiary/aromatic N) is 1. The van der Waals surface area contributed by atoms with E-state index in [0.29, 0.717) is 10.0 Å². The van der Waals surface area contributed by atoms with Crippen molar-refractivity contribution in [2.75, 3.05) is 4.72 Å². The van der Waals surface area contributed by atoms with Crippen LogP contribution in [0.15, 0.2) is 59.5 Å². The number of anilines is 1. The van der Waals surface area contributed by atoms with Crippen molar-refractivity contribution in [1.82, 2.24) is 4.98 Å². The number of thiazole rings is 1. The highest BCUT2D eigenvalue weighted by Gasteiger charge is 2.23. The first-order chi connectivity index (χ1) is 12.1. The zero-order chi connectivity index (χ0) is 17.0. The van der Waals surface area contributed by atoms with E-state index >= 15 is 0 Å². The van der Waals surface area contributed by atoms with Gasteiger partial charge in [0.1, 0.15) is 0 Å². The Balaban J connectivity index is 1.64. The largest absolute Gasteiger partial charge is 0.264 e. The van der Waals surface area contributed by atoms with Gasteiger partial charge in [-0.2, -0.15) is 0 Å². The second-order valence-corrected chi connectivity index (χ2v) is 8.84. The number of fused-ring (bicyclic) bond motifs is 1. The third-order valence-electron chi connectivity index (χ3n) is 4.64. The van der Waals surface area contributed by atoms with Crippen molar-refractivity contribution in [3.8, 4) is 0 Å². The third kappa shape index (κ3) is 2.33.